The van der Waals surface area contributed by atoms with E-state index in [1.165, 1.54) is 10.4 Å². The summed E-state index contributed by atoms with van der Waals surface area (Å²) in [6.07, 6.45) is 1.83. The maximum absolute atomic E-state index is 12.1. The number of benzene rings is 1. The highest BCUT2D eigenvalue weighted by Gasteiger charge is 2.19. The molecular weight excluding hydrogens is 246 g/mol. The van der Waals surface area contributed by atoms with Gasteiger partial charge in [-0.1, -0.05) is 31.0 Å². The maximum Gasteiger partial charge on any atom is 0.242 e. The van der Waals surface area contributed by atoms with E-state index in [0.29, 0.717) is 11.6 Å². The topological polar surface area (TPSA) is 37.4 Å². The van der Waals surface area contributed by atoms with Crippen molar-refractivity contribution < 1.29 is 8.42 Å². The van der Waals surface area contributed by atoms with E-state index in [-0.39, 0.29) is 4.90 Å². The van der Waals surface area contributed by atoms with Crippen LogP contribution in [0.3, 0.4) is 0 Å². The molecule has 0 aliphatic heterocycles. The van der Waals surface area contributed by atoms with Crippen molar-refractivity contribution in [1.29, 1.82) is 0 Å². The van der Waals surface area contributed by atoms with E-state index >= 15 is 0 Å². The van der Waals surface area contributed by atoms with E-state index in [4.69, 9.17) is 11.6 Å². The average molecular weight is 262 g/mol. The van der Waals surface area contributed by atoms with Gasteiger partial charge < -0.3 is 0 Å². The number of hydrogen-bond donors (Lipinski definition) is 0. The van der Waals surface area contributed by atoms with Crippen LogP contribution in [-0.2, 0) is 10.0 Å². The largest absolute Gasteiger partial charge is 0.242 e. The molecule has 1 aromatic carbocycles. The van der Waals surface area contributed by atoms with Gasteiger partial charge in [-0.2, -0.15) is 0 Å². The molecule has 0 unspecified atom stereocenters. The molecule has 0 spiro atoms. The van der Waals surface area contributed by atoms with Crippen LogP contribution in [0.1, 0.15) is 19.8 Å². The minimum absolute atomic E-state index is 0.249. The lowest BCUT2D eigenvalue weighted by molar-refractivity contribution is 0.459. The molecule has 1 rings (SSSR count). The molecule has 0 radical (unpaired) electrons. The number of sulfonamides is 1. The summed E-state index contributed by atoms with van der Waals surface area (Å²) in [5, 5.41) is 0.435. The Kier molecular flexibility index (Phi) is 4.77. The molecule has 0 heterocycles. The molecule has 0 aromatic heterocycles. The molecule has 0 saturated carbocycles. The van der Waals surface area contributed by atoms with Gasteiger partial charge >= 0.3 is 0 Å². The summed E-state index contributed by atoms with van der Waals surface area (Å²) in [6.45, 7) is 2.56. The third-order valence-electron chi connectivity index (χ3n) is 2.33. The first kappa shape index (κ1) is 13.5. The highest BCUT2D eigenvalue weighted by Crippen LogP contribution is 2.18. The Morgan fingerprint density at radius 2 is 2.06 bits per heavy atom. The molecule has 0 N–H and O–H groups in total. The van der Waals surface area contributed by atoms with Crippen molar-refractivity contribution in [3.05, 3.63) is 29.3 Å². The van der Waals surface area contributed by atoms with Crippen LogP contribution in [0.4, 0.5) is 0 Å². The first-order valence-electron chi connectivity index (χ1n) is 5.20. The number of hydrogen-bond acceptors (Lipinski definition) is 2. The predicted octanol–water partition coefficient (Wildman–Crippen LogP) is 2.76. The van der Waals surface area contributed by atoms with Crippen molar-refractivity contribution in [2.24, 2.45) is 0 Å². The summed E-state index contributed by atoms with van der Waals surface area (Å²) < 4.78 is 25.5. The molecule has 0 fully saturated rings. The van der Waals surface area contributed by atoms with Gasteiger partial charge in [0.05, 0.1) is 4.90 Å². The highest BCUT2D eigenvalue weighted by atomic mass is 35.5. The Labute approximate surface area is 102 Å². The van der Waals surface area contributed by atoms with E-state index in [0.717, 1.165) is 12.8 Å². The quantitative estimate of drug-likeness (QED) is 0.817. The summed E-state index contributed by atoms with van der Waals surface area (Å²) in [6, 6.07) is 6.33. The number of rotatable bonds is 5. The van der Waals surface area contributed by atoms with E-state index in [9.17, 15) is 8.42 Å². The van der Waals surface area contributed by atoms with Gasteiger partial charge in [-0.3, -0.25) is 0 Å². The van der Waals surface area contributed by atoms with Gasteiger partial charge in [-0.25, -0.2) is 12.7 Å². The van der Waals surface area contributed by atoms with Gasteiger partial charge in [0.1, 0.15) is 0 Å². The van der Waals surface area contributed by atoms with Gasteiger partial charge in [0.15, 0.2) is 0 Å². The Hall–Kier alpha value is -0.580. The third kappa shape index (κ3) is 3.20. The van der Waals surface area contributed by atoms with Crippen LogP contribution in [0.5, 0.6) is 0 Å². The molecule has 16 heavy (non-hydrogen) atoms. The Bertz CT molecular complexity index is 445. The van der Waals surface area contributed by atoms with Crippen molar-refractivity contribution in [1.82, 2.24) is 4.31 Å². The average Bonchev–Trinajstić information content (AvgIpc) is 2.25. The Morgan fingerprint density at radius 1 is 1.38 bits per heavy atom. The first-order valence-corrected chi connectivity index (χ1v) is 7.02. The molecule has 3 nitrogen and oxygen atoms in total. The fraction of sp³-hybridized carbons (Fsp3) is 0.455. The SMILES string of the molecule is CCCCN(C)S(=O)(=O)c1cccc(Cl)c1. The fourth-order valence-electron chi connectivity index (χ4n) is 1.31. The lowest BCUT2D eigenvalue weighted by Gasteiger charge is -2.16. The van der Waals surface area contributed by atoms with Crippen LogP contribution >= 0.6 is 11.6 Å². The zero-order chi connectivity index (χ0) is 12.2. The minimum atomic E-state index is -3.38. The van der Waals surface area contributed by atoms with Crippen molar-refractivity contribution in [2.75, 3.05) is 13.6 Å². The van der Waals surface area contributed by atoms with Crippen LogP contribution in [0.25, 0.3) is 0 Å². The van der Waals surface area contributed by atoms with Crippen LogP contribution in [0, 0.1) is 0 Å². The monoisotopic (exact) mass is 261 g/mol. The van der Waals surface area contributed by atoms with Crippen molar-refractivity contribution >= 4 is 21.6 Å². The summed E-state index contributed by atoms with van der Waals surface area (Å²) in [7, 11) is -1.80. The minimum Gasteiger partial charge on any atom is -0.207 e. The molecule has 0 aliphatic rings. The van der Waals surface area contributed by atoms with Crippen molar-refractivity contribution in [2.45, 2.75) is 24.7 Å². The molecule has 5 heteroatoms. The van der Waals surface area contributed by atoms with Gasteiger partial charge in [0, 0.05) is 18.6 Å². The lowest BCUT2D eigenvalue weighted by Crippen LogP contribution is -2.27. The van der Waals surface area contributed by atoms with Crippen LogP contribution in [0.2, 0.25) is 5.02 Å². The van der Waals surface area contributed by atoms with Crippen LogP contribution < -0.4 is 0 Å². The molecule has 90 valence electrons. The summed E-state index contributed by atoms with van der Waals surface area (Å²) in [4.78, 5) is 0.249. The van der Waals surface area contributed by atoms with E-state index < -0.39 is 10.0 Å². The summed E-state index contributed by atoms with van der Waals surface area (Å²) >= 11 is 5.78. The second-order valence-electron chi connectivity index (χ2n) is 3.64. The van der Waals surface area contributed by atoms with Gasteiger partial charge in [0.25, 0.3) is 0 Å². The molecule has 0 amide bonds. The van der Waals surface area contributed by atoms with E-state index in [1.807, 2.05) is 6.92 Å². The highest BCUT2D eigenvalue weighted by molar-refractivity contribution is 7.89. The summed E-state index contributed by atoms with van der Waals surface area (Å²) in [5.41, 5.74) is 0. The van der Waals surface area contributed by atoms with Crippen LogP contribution in [0.15, 0.2) is 29.2 Å². The second kappa shape index (κ2) is 5.66. The zero-order valence-electron chi connectivity index (χ0n) is 9.48. The Morgan fingerprint density at radius 3 is 2.62 bits per heavy atom. The smallest absolute Gasteiger partial charge is 0.207 e. The van der Waals surface area contributed by atoms with E-state index in [1.54, 1.807) is 25.2 Å². The summed E-state index contributed by atoms with van der Waals surface area (Å²) in [5.74, 6) is 0. The zero-order valence-corrected chi connectivity index (χ0v) is 11.1. The van der Waals surface area contributed by atoms with Gasteiger partial charge in [-0.05, 0) is 24.6 Å². The standard InChI is InChI=1S/C11H16ClNO2S/c1-3-4-8-13(2)16(14,15)11-7-5-6-10(12)9-11/h5-7,9H,3-4,8H2,1-2H3. The maximum atomic E-state index is 12.1. The fourth-order valence-corrected chi connectivity index (χ4v) is 2.82. The number of nitrogens with zero attached hydrogens (tertiary/aromatic N) is 1. The van der Waals surface area contributed by atoms with Crippen molar-refractivity contribution in [3.8, 4) is 0 Å². The second-order valence-corrected chi connectivity index (χ2v) is 6.12. The van der Waals surface area contributed by atoms with Gasteiger partial charge in [0.2, 0.25) is 10.0 Å². The number of unbranched alkanes of at least 4 members (excludes halogenated alkanes) is 1. The predicted molar refractivity (Wildman–Crippen MR) is 66.2 cm³/mol. The molecule has 0 atom stereocenters. The first-order chi connectivity index (χ1) is 7.48. The molecule has 0 aliphatic carbocycles. The molecular formula is C11H16ClNO2S. The molecule has 0 saturated heterocycles. The lowest BCUT2D eigenvalue weighted by atomic mass is 10.3. The molecule has 0 bridgehead atoms. The van der Waals surface area contributed by atoms with Gasteiger partial charge in [-0.15, -0.1) is 0 Å². The van der Waals surface area contributed by atoms with Crippen LogP contribution in [-0.4, -0.2) is 26.3 Å². The third-order valence-corrected chi connectivity index (χ3v) is 4.42. The van der Waals surface area contributed by atoms with E-state index in [2.05, 4.69) is 0 Å². The van der Waals surface area contributed by atoms with Crippen molar-refractivity contribution in [3.63, 3.8) is 0 Å². The number of halogens is 1. The molecule has 1 aromatic rings. The Balaban J connectivity index is 2.93. The normalized spacial score (nSPS) is 12.0.